The van der Waals surface area contributed by atoms with Gasteiger partial charge in [0.05, 0.1) is 40.4 Å². The Kier molecular flexibility index (Phi) is 8.07. The maximum absolute atomic E-state index is 5.65. The number of ether oxygens (including phenoxy) is 2. The average Bonchev–Trinajstić information content (AvgIpc) is 2.41. The molecule has 0 aliphatic rings. The third kappa shape index (κ3) is 6.26. The van der Waals surface area contributed by atoms with Crippen molar-refractivity contribution in [2.75, 3.05) is 40.4 Å². The molecule has 0 radical (unpaired) electrons. The molecule has 0 heterocycles. The molecule has 4 heteroatoms. The largest absolute Gasteiger partial charge is 0.490 e. The molecule has 0 fully saturated rings. The summed E-state index contributed by atoms with van der Waals surface area (Å²) in [4.78, 5) is 1.51. The number of hydrogen-bond acceptors (Lipinski definition) is 2. The van der Waals surface area contributed by atoms with E-state index < -0.39 is 0 Å². The maximum Gasteiger partial charge on any atom is 0.161 e. The van der Waals surface area contributed by atoms with Crippen LogP contribution in [-0.2, 0) is 6.54 Å². The number of quaternary nitrogens is 2. The van der Waals surface area contributed by atoms with Gasteiger partial charge in [0.25, 0.3) is 0 Å². The quantitative estimate of drug-likeness (QED) is 0.597. The van der Waals surface area contributed by atoms with E-state index in [1.807, 2.05) is 19.9 Å². The third-order valence-corrected chi connectivity index (χ3v) is 3.07. The Labute approximate surface area is 123 Å². The zero-order valence-electron chi connectivity index (χ0n) is 13.4. The molecule has 4 nitrogen and oxygen atoms in total. The van der Waals surface area contributed by atoms with Crippen molar-refractivity contribution in [1.82, 2.24) is 0 Å². The molecule has 0 saturated carbocycles. The van der Waals surface area contributed by atoms with E-state index in [9.17, 15) is 0 Å². The van der Waals surface area contributed by atoms with Gasteiger partial charge in [-0.05, 0) is 32.0 Å². The predicted molar refractivity (Wildman–Crippen MR) is 81.6 cm³/mol. The van der Waals surface area contributed by atoms with Crippen LogP contribution in [0.5, 0.6) is 11.5 Å². The summed E-state index contributed by atoms with van der Waals surface area (Å²) < 4.78 is 11.2. The highest BCUT2D eigenvalue weighted by molar-refractivity contribution is 5.42. The first-order valence-corrected chi connectivity index (χ1v) is 7.66. The molecule has 0 aliphatic heterocycles. The van der Waals surface area contributed by atoms with E-state index in [0.29, 0.717) is 13.2 Å². The summed E-state index contributed by atoms with van der Waals surface area (Å²) in [5.41, 5.74) is 1.29. The average molecular weight is 282 g/mol. The fraction of sp³-hybridized carbons (Fsp3) is 0.625. The number of rotatable bonds is 10. The molecule has 0 amide bonds. The van der Waals surface area contributed by atoms with Crippen LogP contribution < -0.4 is 19.7 Å². The zero-order chi connectivity index (χ0) is 14.8. The molecular formula is C16H30N2O2+2. The van der Waals surface area contributed by atoms with E-state index in [1.54, 1.807) is 0 Å². The van der Waals surface area contributed by atoms with Crippen LogP contribution in [0.25, 0.3) is 0 Å². The molecule has 1 aromatic rings. The summed E-state index contributed by atoms with van der Waals surface area (Å²) in [5.74, 6) is 1.70. The lowest BCUT2D eigenvalue weighted by Crippen LogP contribution is -3.06. The zero-order valence-corrected chi connectivity index (χ0v) is 13.4. The van der Waals surface area contributed by atoms with Gasteiger partial charge in [-0.3, -0.25) is 0 Å². The van der Waals surface area contributed by atoms with Crippen LogP contribution in [0.2, 0.25) is 0 Å². The molecule has 1 aromatic carbocycles. The van der Waals surface area contributed by atoms with Crippen molar-refractivity contribution >= 4 is 0 Å². The Balaban J connectivity index is 2.47. The van der Waals surface area contributed by atoms with Crippen LogP contribution in [-0.4, -0.2) is 40.4 Å². The minimum atomic E-state index is 0.665. The summed E-state index contributed by atoms with van der Waals surface area (Å²) in [5, 5.41) is 2.36. The molecule has 0 aromatic heterocycles. The highest BCUT2D eigenvalue weighted by atomic mass is 16.5. The number of benzene rings is 1. The molecule has 0 aliphatic carbocycles. The molecule has 3 N–H and O–H groups in total. The molecule has 114 valence electrons. The van der Waals surface area contributed by atoms with Crippen molar-refractivity contribution in [1.29, 1.82) is 0 Å². The maximum atomic E-state index is 5.65. The van der Waals surface area contributed by atoms with Crippen LogP contribution >= 0.6 is 0 Å². The third-order valence-electron chi connectivity index (χ3n) is 3.07. The smallest absolute Gasteiger partial charge is 0.161 e. The number of nitrogens with two attached hydrogens (primary N) is 1. The molecule has 20 heavy (non-hydrogen) atoms. The van der Waals surface area contributed by atoms with E-state index in [2.05, 4.69) is 31.5 Å². The second kappa shape index (κ2) is 9.61. The van der Waals surface area contributed by atoms with Gasteiger partial charge in [-0.15, -0.1) is 0 Å². The Bertz CT molecular complexity index is 381. The Morgan fingerprint density at radius 3 is 2.40 bits per heavy atom. The van der Waals surface area contributed by atoms with Crippen LogP contribution in [0, 0.1) is 0 Å². The van der Waals surface area contributed by atoms with Crippen molar-refractivity contribution in [3.8, 4) is 11.5 Å². The summed E-state index contributed by atoms with van der Waals surface area (Å²) in [6, 6.07) is 6.24. The minimum absolute atomic E-state index is 0.665. The second-order valence-corrected chi connectivity index (χ2v) is 5.24. The van der Waals surface area contributed by atoms with E-state index in [1.165, 1.54) is 30.0 Å². The Hall–Kier alpha value is -1.26. The fourth-order valence-electron chi connectivity index (χ4n) is 2.09. The number of nitrogens with one attached hydrogen (secondary N) is 1. The van der Waals surface area contributed by atoms with Gasteiger partial charge >= 0.3 is 0 Å². The van der Waals surface area contributed by atoms with Gasteiger partial charge < -0.3 is 19.7 Å². The highest BCUT2D eigenvalue weighted by Gasteiger charge is 2.07. The summed E-state index contributed by atoms with van der Waals surface area (Å²) in [6.07, 6.45) is 1.25. The van der Waals surface area contributed by atoms with Crippen molar-refractivity contribution in [2.24, 2.45) is 0 Å². The first kappa shape index (κ1) is 16.8. The molecular weight excluding hydrogens is 252 g/mol. The van der Waals surface area contributed by atoms with Gasteiger partial charge in [0, 0.05) is 12.0 Å². The standard InChI is InChI=1S/C16H28N2O2/c1-5-19-15-9-8-14(12-16(15)20-6-2)13-17-10-7-11-18(3)4/h8-9,12,17H,5-7,10-11,13H2,1-4H3/p+2. The van der Waals surface area contributed by atoms with E-state index >= 15 is 0 Å². The van der Waals surface area contributed by atoms with E-state index in [-0.39, 0.29) is 0 Å². The summed E-state index contributed by atoms with van der Waals surface area (Å²) in [6.45, 7) is 8.71. The molecule has 0 bridgehead atoms. The predicted octanol–water partition coefficient (Wildman–Crippen LogP) is 0.0820. The van der Waals surface area contributed by atoms with E-state index in [0.717, 1.165) is 18.0 Å². The SMILES string of the molecule is CCOc1ccc(C[NH2+]CCC[NH+](C)C)cc1OCC. The van der Waals surface area contributed by atoms with Gasteiger partial charge in [0.1, 0.15) is 6.54 Å². The van der Waals surface area contributed by atoms with Crippen molar-refractivity contribution in [3.63, 3.8) is 0 Å². The summed E-state index contributed by atoms with van der Waals surface area (Å²) in [7, 11) is 4.39. The molecule has 0 spiro atoms. The van der Waals surface area contributed by atoms with Gasteiger partial charge in [-0.2, -0.15) is 0 Å². The fourth-order valence-corrected chi connectivity index (χ4v) is 2.09. The van der Waals surface area contributed by atoms with Crippen molar-refractivity contribution in [3.05, 3.63) is 23.8 Å². The van der Waals surface area contributed by atoms with Gasteiger partial charge in [0.15, 0.2) is 11.5 Å². The van der Waals surface area contributed by atoms with Crippen LogP contribution in [0.1, 0.15) is 25.8 Å². The van der Waals surface area contributed by atoms with Crippen LogP contribution in [0.15, 0.2) is 18.2 Å². The van der Waals surface area contributed by atoms with Gasteiger partial charge in [-0.25, -0.2) is 0 Å². The minimum Gasteiger partial charge on any atom is -0.490 e. The van der Waals surface area contributed by atoms with Gasteiger partial charge in [0.2, 0.25) is 0 Å². The van der Waals surface area contributed by atoms with Crippen LogP contribution in [0.3, 0.4) is 0 Å². The van der Waals surface area contributed by atoms with E-state index in [4.69, 9.17) is 9.47 Å². The molecule has 1 rings (SSSR count). The summed E-state index contributed by atoms with van der Waals surface area (Å²) >= 11 is 0. The van der Waals surface area contributed by atoms with Crippen LogP contribution in [0.4, 0.5) is 0 Å². The Morgan fingerprint density at radius 1 is 1.05 bits per heavy atom. The van der Waals surface area contributed by atoms with Crippen molar-refractivity contribution < 1.29 is 19.7 Å². The monoisotopic (exact) mass is 282 g/mol. The first-order valence-electron chi connectivity index (χ1n) is 7.66. The number of hydrogen-bond donors (Lipinski definition) is 2. The Morgan fingerprint density at radius 2 is 1.75 bits per heavy atom. The topological polar surface area (TPSA) is 39.5 Å². The van der Waals surface area contributed by atoms with Gasteiger partial charge in [-0.1, -0.05) is 0 Å². The second-order valence-electron chi connectivity index (χ2n) is 5.24. The lowest BCUT2D eigenvalue weighted by Gasteiger charge is -2.12. The first-order chi connectivity index (χ1) is 9.67. The molecule has 0 atom stereocenters. The van der Waals surface area contributed by atoms with Crippen molar-refractivity contribution in [2.45, 2.75) is 26.8 Å². The highest BCUT2D eigenvalue weighted by Crippen LogP contribution is 2.28. The lowest BCUT2D eigenvalue weighted by atomic mass is 10.2. The molecule has 0 saturated heterocycles. The normalized spacial score (nSPS) is 10.8. The lowest BCUT2D eigenvalue weighted by molar-refractivity contribution is -0.860. The molecule has 0 unspecified atom stereocenters.